The van der Waals surface area contributed by atoms with Crippen LogP contribution in [-0.2, 0) is 6.42 Å². The Morgan fingerprint density at radius 3 is 2.62 bits per heavy atom. The molecule has 0 radical (unpaired) electrons. The molecule has 1 aromatic rings. The summed E-state index contributed by atoms with van der Waals surface area (Å²) in [6.07, 6.45) is 1.57. The quantitative estimate of drug-likeness (QED) is 0.660. The van der Waals surface area contributed by atoms with E-state index in [0.717, 1.165) is 18.4 Å². The fourth-order valence-electron chi connectivity index (χ4n) is 1.15. The van der Waals surface area contributed by atoms with Gasteiger partial charge in [-0.15, -0.1) is 0 Å². The summed E-state index contributed by atoms with van der Waals surface area (Å²) in [5.41, 5.74) is 6.42. The van der Waals surface area contributed by atoms with Gasteiger partial charge in [-0.3, -0.25) is 0 Å². The molecule has 0 spiro atoms. The molecule has 3 nitrogen and oxygen atoms in total. The van der Waals surface area contributed by atoms with Crippen molar-refractivity contribution >= 4 is 0 Å². The molecule has 0 aliphatic carbocycles. The van der Waals surface area contributed by atoms with E-state index in [4.69, 9.17) is 10.8 Å². The molecular formula is C10H15NO2. The lowest BCUT2D eigenvalue weighted by atomic mass is 10.1. The minimum atomic E-state index is 0.0852. The van der Waals surface area contributed by atoms with Gasteiger partial charge in [0.25, 0.3) is 0 Å². The van der Waals surface area contributed by atoms with Crippen molar-refractivity contribution in [3.63, 3.8) is 0 Å². The largest absolute Gasteiger partial charge is 0.508 e. The summed E-state index contributed by atoms with van der Waals surface area (Å²) in [4.78, 5) is 0. The molecule has 1 aromatic carbocycles. The number of hydrogen-bond acceptors (Lipinski definition) is 3. The van der Waals surface area contributed by atoms with E-state index >= 15 is 0 Å². The van der Waals surface area contributed by atoms with Crippen molar-refractivity contribution in [2.24, 2.45) is 5.73 Å². The number of aryl methyl sites for hydroxylation is 1. The zero-order valence-corrected chi connectivity index (χ0v) is 7.70. The summed E-state index contributed by atoms with van der Waals surface area (Å²) >= 11 is 0. The summed E-state index contributed by atoms with van der Waals surface area (Å²) in [7, 11) is 0. The number of nitrogens with two attached hydrogens (primary N) is 1. The topological polar surface area (TPSA) is 66.5 Å². The Morgan fingerprint density at radius 1 is 1.38 bits per heavy atom. The van der Waals surface area contributed by atoms with E-state index < -0.39 is 0 Å². The first-order valence-electron chi connectivity index (χ1n) is 4.36. The number of phenolic OH excluding ortho intramolecular Hbond substituents is 2. The highest BCUT2D eigenvalue weighted by Crippen LogP contribution is 2.23. The second-order valence-corrected chi connectivity index (χ2v) is 3.33. The molecule has 0 bridgehead atoms. The highest BCUT2D eigenvalue weighted by molar-refractivity contribution is 5.38. The predicted octanol–water partition coefficient (Wildman–Crippen LogP) is 1.38. The standard InChI is InChI=1S/C10H15NO2/c1-7(11)2-3-8-4-5-9(12)6-10(8)13/h4-7,12-13H,2-3,11H2,1H3/t7-/m0/s1. The highest BCUT2D eigenvalue weighted by atomic mass is 16.3. The van der Waals surface area contributed by atoms with Crippen molar-refractivity contribution in [3.8, 4) is 11.5 Å². The first kappa shape index (κ1) is 9.86. The van der Waals surface area contributed by atoms with E-state index in [1.54, 1.807) is 12.1 Å². The molecule has 0 heterocycles. The van der Waals surface area contributed by atoms with Crippen LogP contribution in [0.1, 0.15) is 18.9 Å². The molecule has 1 rings (SSSR count). The van der Waals surface area contributed by atoms with Gasteiger partial charge < -0.3 is 15.9 Å². The Morgan fingerprint density at radius 2 is 2.08 bits per heavy atom. The summed E-state index contributed by atoms with van der Waals surface area (Å²) < 4.78 is 0. The molecule has 1 atom stereocenters. The van der Waals surface area contributed by atoms with E-state index in [1.807, 2.05) is 6.92 Å². The molecule has 72 valence electrons. The van der Waals surface area contributed by atoms with Crippen molar-refractivity contribution < 1.29 is 10.2 Å². The van der Waals surface area contributed by atoms with E-state index in [9.17, 15) is 5.11 Å². The van der Waals surface area contributed by atoms with E-state index in [2.05, 4.69) is 0 Å². The molecule has 13 heavy (non-hydrogen) atoms. The second-order valence-electron chi connectivity index (χ2n) is 3.33. The normalized spacial score (nSPS) is 12.8. The molecule has 0 saturated carbocycles. The minimum absolute atomic E-state index is 0.0852. The average molecular weight is 181 g/mol. The lowest BCUT2D eigenvalue weighted by molar-refractivity contribution is 0.444. The lowest BCUT2D eigenvalue weighted by Crippen LogP contribution is -2.15. The lowest BCUT2D eigenvalue weighted by Gasteiger charge is -2.06. The summed E-state index contributed by atoms with van der Waals surface area (Å²) in [5.74, 6) is 0.225. The average Bonchev–Trinajstić information content (AvgIpc) is 2.02. The molecule has 0 amide bonds. The van der Waals surface area contributed by atoms with Crippen LogP contribution in [0.2, 0.25) is 0 Å². The van der Waals surface area contributed by atoms with E-state index in [1.165, 1.54) is 6.07 Å². The van der Waals surface area contributed by atoms with Crippen LogP contribution >= 0.6 is 0 Å². The van der Waals surface area contributed by atoms with Crippen molar-refractivity contribution in [1.29, 1.82) is 0 Å². The molecule has 0 fully saturated rings. The van der Waals surface area contributed by atoms with Gasteiger partial charge in [-0.1, -0.05) is 6.07 Å². The smallest absolute Gasteiger partial charge is 0.122 e. The Balaban J connectivity index is 2.67. The Kier molecular flexibility index (Phi) is 3.14. The molecule has 0 aliphatic rings. The van der Waals surface area contributed by atoms with Gasteiger partial charge in [0.2, 0.25) is 0 Å². The van der Waals surface area contributed by atoms with Gasteiger partial charge in [-0.05, 0) is 31.4 Å². The van der Waals surface area contributed by atoms with Crippen molar-refractivity contribution in [1.82, 2.24) is 0 Å². The molecule has 0 aliphatic heterocycles. The van der Waals surface area contributed by atoms with Gasteiger partial charge in [-0.25, -0.2) is 0 Å². The van der Waals surface area contributed by atoms with Gasteiger partial charge in [0.15, 0.2) is 0 Å². The third-order valence-corrected chi connectivity index (χ3v) is 1.94. The number of phenols is 2. The van der Waals surface area contributed by atoms with Gasteiger partial charge in [0.1, 0.15) is 11.5 Å². The SMILES string of the molecule is C[C@H](N)CCc1ccc(O)cc1O. The van der Waals surface area contributed by atoms with Crippen LogP contribution in [0.25, 0.3) is 0 Å². The van der Waals surface area contributed by atoms with E-state index in [-0.39, 0.29) is 17.5 Å². The van der Waals surface area contributed by atoms with Crippen LogP contribution < -0.4 is 5.73 Å². The summed E-state index contributed by atoms with van der Waals surface area (Å²) in [5, 5.41) is 18.4. The highest BCUT2D eigenvalue weighted by Gasteiger charge is 2.03. The molecule has 0 aromatic heterocycles. The molecule has 0 saturated heterocycles. The molecule has 0 unspecified atom stereocenters. The third-order valence-electron chi connectivity index (χ3n) is 1.94. The van der Waals surface area contributed by atoms with Crippen LogP contribution in [0.15, 0.2) is 18.2 Å². The van der Waals surface area contributed by atoms with Crippen molar-refractivity contribution in [2.75, 3.05) is 0 Å². The molecule has 3 heteroatoms. The van der Waals surface area contributed by atoms with Gasteiger partial charge in [-0.2, -0.15) is 0 Å². The van der Waals surface area contributed by atoms with Crippen LogP contribution in [0, 0.1) is 0 Å². The Hall–Kier alpha value is -1.22. The summed E-state index contributed by atoms with van der Waals surface area (Å²) in [6, 6.07) is 4.76. The van der Waals surface area contributed by atoms with Gasteiger partial charge in [0.05, 0.1) is 0 Å². The molecular weight excluding hydrogens is 166 g/mol. The Labute approximate surface area is 77.8 Å². The zero-order chi connectivity index (χ0) is 9.84. The van der Waals surface area contributed by atoms with Crippen molar-refractivity contribution in [3.05, 3.63) is 23.8 Å². The number of aromatic hydroxyl groups is 2. The van der Waals surface area contributed by atoms with Crippen LogP contribution in [0.4, 0.5) is 0 Å². The minimum Gasteiger partial charge on any atom is -0.508 e. The third kappa shape index (κ3) is 2.95. The van der Waals surface area contributed by atoms with Crippen LogP contribution in [-0.4, -0.2) is 16.3 Å². The predicted molar refractivity (Wildman–Crippen MR) is 51.7 cm³/mol. The van der Waals surface area contributed by atoms with Crippen molar-refractivity contribution in [2.45, 2.75) is 25.8 Å². The van der Waals surface area contributed by atoms with E-state index in [0.29, 0.717) is 0 Å². The van der Waals surface area contributed by atoms with Gasteiger partial charge in [0, 0.05) is 12.1 Å². The second kappa shape index (κ2) is 4.14. The monoisotopic (exact) mass is 181 g/mol. The van der Waals surface area contributed by atoms with Crippen LogP contribution in [0.3, 0.4) is 0 Å². The number of hydrogen-bond donors (Lipinski definition) is 3. The first-order chi connectivity index (χ1) is 6.09. The maximum atomic E-state index is 9.40. The number of rotatable bonds is 3. The Bertz CT molecular complexity index is 284. The molecule has 4 N–H and O–H groups in total. The summed E-state index contributed by atoms with van der Waals surface area (Å²) in [6.45, 7) is 1.93. The number of benzene rings is 1. The first-order valence-corrected chi connectivity index (χ1v) is 4.36. The maximum absolute atomic E-state index is 9.40. The maximum Gasteiger partial charge on any atom is 0.122 e. The fraction of sp³-hybridized carbons (Fsp3) is 0.400. The zero-order valence-electron chi connectivity index (χ0n) is 7.70. The van der Waals surface area contributed by atoms with Crippen LogP contribution in [0.5, 0.6) is 11.5 Å². The van der Waals surface area contributed by atoms with Gasteiger partial charge >= 0.3 is 0 Å². The fourth-order valence-corrected chi connectivity index (χ4v) is 1.15.